The summed E-state index contributed by atoms with van der Waals surface area (Å²) in [5, 5.41) is 11.8. The van der Waals surface area contributed by atoms with Crippen molar-refractivity contribution >= 4 is 0 Å². The minimum Gasteiger partial charge on any atom is -0.307 e. The Labute approximate surface area is 118 Å². The van der Waals surface area contributed by atoms with Crippen LogP contribution in [0.2, 0.25) is 0 Å². The first-order chi connectivity index (χ1) is 9.69. The molecule has 0 aromatic heterocycles. The number of likely N-dealkylation sites (tertiary alicyclic amines) is 1. The molecule has 0 bridgehead atoms. The number of nitriles is 1. The van der Waals surface area contributed by atoms with Crippen LogP contribution in [0.5, 0.6) is 0 Å². The summed E-state index contributed by atoms with van der Waals surface area (Å²) >= 11 is 0. The molecule has 1 aliphatic heterocycles. The highest BCUT2D eigenvalue weighted by Gasteiger charge is 2.28. The first-order valence-electron chi connectivity index (χ1n) is 6.85. The van der Waals surface area contributed by atoms with Gasteiger partial charge in [-0.2, -0.15) is 5.26 Å². The predicted molar refractivity (Wildman–Crippen MR) is 73.6 cm³/mol. The molecule has 1 aromatic rings. The van der Waals surface area contributed by atoms with Gasteiger partial charge in [0.05, 0.1) is 19.2 Å². The van der Waals surface area contributed by atoms with E-state index in [2.05, 4.69) is 23.5 Å². The summed E-state index contributed by atoms with van der Waals surface area (Å²) in [6.07, 6.45) is -1.50. The van der Waals surface area contributed by atoms with Crippen molar-refractivity contribution in [2.75, 3.05) is 26.2 Å². The highest BCUT2D eigenvalue weighted by atomic mass is 19.3. The number of halogens is 2. The lowest BCUT2D eigenvalue weighted by Gasteiger charge is -2.37. The van der Waals surface area contributed by atoms with Crippen molar-refractivity contribution < 1.29 is 8.78 Å². The number of benzene rings is 1. The van der Waals surface area contributed by atoms with Gasteiger partial charge in [-0.1, -0.05) is 30.3 Å². The molecule has 0 aliphatic carbocycles. The van der Waals surface area contributed by atoms with Gasteiger partial charge >= 0.3 is 0 Å². The minimum atomic E-state index is -2.34. The largest absolute Gasteiger partial charge is 0.307 e. The van der Waals surface area contributed by atoms with E-state index in [9.17, 15) is 8.78 Å². The zero-order chi connectivity index (χ0) is 14.4. The van der Waals surface area contributed by atoms with Gasteiger partial charge in [0.2, 0.25) is 0 Å². The lowest BCUT2D eigenvalue weighted by atomic mass is 9.88. The molecular formula is C15H19F2N3. The number of piperidine rings is 1. The fraction of sp³-hybridized carbons (Fsp3) is 0.533. The molecule has 1 saturated heterocycles. The van der Waals surface area contributed by atoms with Crippen LogP contribution >= 0.6 is 0 Å². The molecule has 1 aromatic carbocycles. The lowest BCUT2D eigenvalue weighted by Crippen LogP contribution is -2.49. The first-order valence-corrected chi connectivity index (χ1v) is 6.85. The Morgan fingerprint density at radius 1 is 1.30 bits per heavy atom. The number of nitrogens with zero attached hydrogens (tertiary/aromatic N) is 2. The number of alkyl halides is 2. The van der Waals surface area contributed by atoms with Gasteiger partial charge in [-0.3, -0.25) is 4.90 Å². The van der Waals surface area contributed by atoms with Gasteiger partial charge in [0.25, 0.3) is 6.43 Å². The van der Waals surface area contributed by atoms with Crippen LogP contribution in [-0.4, -0.2) is 43.5 Å². The molecular weight excluding hydrogens is 260 g/mol. The number of rotatable bonds is 5. The Bertz CT molecular complexity index is 444. The number of nitrogens with one attached hydrogen (secondary N) is 1. The van der Waals surface area contributed by atoms with Crippen LogP contribution in [0.25, 0.3) is 0 Å². The molecule has 0 spiro atoms. The number of hydrogen-bond donors (Lipinski definition) is 1. The fourth-order valence-corrected chi connectivity index (χ4v) is 2.79. The molecule has 1 N–H and O–H groups in total. The van der Waals surface area contributed by atoms with E-state index in [4.69, 9.17) is 5.26 Å². The average Bonchev–Trinajstić information content (AvgIpc) is 2.46. The Kier molecular flexibility index (Phi) is 5.45. The second-order valence-corrected chi connectivity index (χ2v) is 5.19. The normalized spacial score (nSPS) is 23.7. The van der Waals surface area contributed by atoms with Gasteiger partial charge in [-0.15, -0.1) is 0 Å². The van der Waals surface area contributed by atoms with Gasteiger partial charge < -0.3 is 5.32 Å². The third-order valence-electron chi connectivity index (χ3n) is 3.65. The zero-order valence-corrected chi connectivity index (χ0v) is 11.3. The molecule has 1 heterocycles. The molecule has 20 heavy (non-hydrogen) atoms. The van der Waals surface area contributed by atoms with Crippen molar-refractivity contribution in [3.63, 3.8) is 0 Å². The zero-order valence-electron chi connectivity index (χ0n) is 11.3. The molecule has 1 aliphatic rings. The van der Waals surface area contributed by atoms with Crippen LogP contribution in [0, 0.1) is 11.3 Å². The molecule has 0 amide bonds. The number of hydrogen-bond acceptors (Lipinski definition) is 3. The van der Waals surface area contributed by atoms with Crippen LogP contribution in [0.4, 0.5) is 8.78 Å². The van der Waals surface area contributed by atoms with E-state index in [1.54, 1.807) is 0 Å². The third kappa shape index (κ3) is 4.26. The summed E-state index contributed by atoms with van der Waals surface area (Å²) in [7, 11) is 0. The molecule has 3 nitrogen and oxygen atoms in total. The second kappa shape index (κ2) is 7.32. The standard InChI is InChI=1S/C15H19F2N3/c16-15(17)9-19-14-8-13(10-20(11-14)7-6-18)12-4-2-1-3-5-12/h1-5,13-15,19H,7-11H2. The molecule has 2 atom stereocenters. The van der Waals surface area contributed by atoms with Crippen molar-refractivity contribution in [3.05, 3.63) is 35.9 Å². The summed E-state index contributed by atoms with van der Waals surface area (Å²) in [5.74, 6) is 0.286. The molecule has 0 radical (unpaired) electrons. The Hall–Kier alpha value is -1.51. The van der Waals surface area contributed by atoms with Crippen LogP contribution in [0.3, 0.4) is 0 Å². The van der Waals surface area contributed by atoms with E-state index in [1.165, 1.54) is 5.56 Å². The van der Waals surface area contributed by atoms with Crippen molar-refractivity contribution in [1.82, 2.24) is 10.2 Å². The van der Waals surface area contributed by atoms with Gasteiger partial charge in [0.15, 0.2) is 0 Å². The maximum absolute atomic E-state index is 12.3. The van der Waals surface area contributed by atoms with Crippen LogP contribution < -0.4 is 5.32 Å². The van der Waals surface area contributed by atoms with Gasteiger partial charge in [-0.05, 0) is 17.9 Å². The van der Waals surface area contributed by atoms with Gasteiger partial charge in [0, 0.05) is 19.1 Å². The van der Waals surface area contributed by atoms with Gasteiger partial charge in [-0.25, -0.2) is 8.78 Å². The Balaban J connectivity index is 2.02. The second-order valence-electron chi connectivity index (χ2n) is 5.19. The van der Waals surface area contributed by atoms with E-state index in [0.29, 0.717) is 13.1 Å². The molecule has 0 saturated carbocycles. The fourth-order valence-electron chi connectivity index (χ4n) is 2.79. The van der Waals surface area contributed by atoms with Crippen molar-refractivity contribution in [3.8, 4) is 6.07 Å². The van der Waals surface area contributed by atoms with Gasteiger partial charge in [0.1, 0.15) is 0 Å². The topological polar surface area (TPSA) is 39.1 Å². The SMILES string of the molecule is N#CCN1CC(NCC(F)F)CC(c2ccccc2)C1. The summed E-state index contributed by atoms with van der Waals surface area (Å²) in [6, 6.07) is 12.2. The minimum absolute atomic E-state index is 0.0105. The molecule has 2 rings (SSSR count). The van der Waals surface area contributed by atoms with E-state index in [1.807, 2.05) is 23.1 Å². The maximum atomic E-state index is 12.3. The molecule has 2 unspecified atom stereocenters. The summed E-state index contributed by atoms with van der Waals surface area (Å²) in [4.78, 5) is 2.03. The highest BCUT2D eigenvalue weighted by Crippen LogP contribution is 2.26. The van der Waals surface area contributed by atoms with E-state index >= 15 is 0 Å². The molecule has 108 valence electrons. The van der Waals surface area contributed by atoms with E-state index in [-0.39, 0.29) is 18.5 Å². The monoisotopic (exact) mass is 279 g/mol. The quantitative estimate of drug-likeness (QED) is 0.840. The highest BCUT2D eigenvalue weighted by molar-refractivity contribution is 5.21. The van der Waals surface area contributed by atoms with Crippen LogP contribution in [0.1, 0.15) is 17.9 Å². The van der Waals surface area contributed by atoms with E-state index in [0.717, 1.165) is 13.0 Å². The summed E-state index contributed by atoms with van der Waals surface area (Å²) in [6.45, 7) is 1.52. The third-order valence-corrected chi connectivity index (χ3v) is 3.65. The molecule has 1 fully saturated rings. The van der Waals surface area contributed by atoms with Crippen LogP contribution in [0.15, 0.2) is 30.3 Å². The average molecular weight is 279 g/mol. The summed E-state index contributed by atoms with van der Waals surface area (Å²) in [5.41, 5.74) is 1.21. The lowest BCUT2D eigenvalue weighted by molar-refractivity contribution is 0.124. The Morgan fingerprint density at radius 2 is 2.05 bits per heavy atom. The Morgan fingerprint density at radius 3 is 2.70 bits per heavy atom. The first kappa shape index (κ1) is 14.9. The molecule has 5 heteroatoms. The van der Waals surface area contributed by atoms with Crippen molar-refractivity contribution in [2.24, 2.45) is 0 Å². The van der Waals surface area contributed by atoms with E-state index < -0.39 is 6.43 Å². The summed E-state index contributed by atoms with van der Waals surface area (Å²) < 4.78 is 24.7. The van der Waals surface area contributed by atoms with Crippen molar-refractivity contribution in [2.45, 2.75) is 24.8 Å². The van der Waals surface area contributed by atoms with Crippen molar-refractivity contribution in [1.29, 1.82) is 5.26 Å². The predicted octanol–water partition coefficient (Wildman–Crippen LogP) is 2.22. The van der Waals surface area contributed by atoms with Crippen LogP contribution in [-0.2, 0) is 0 Å². The smallest absolute Gasteiger partial charge is 0.250 e. The maximum Gasteiger partial charge on any atom is 0.250 e.